The zero-order chi connectivity index (χ0) is 14.1. The van der Waals surface area contributed by atoms with E-state index in [2.05, 4.69) is 26.2 Å². The van der Waals surface area contributed by atoms with Gasteiger partial charge in [-0.15, -0.1) is 11.3 Å². The Hall–Kier alpha value is -0.910. The van der Waals surface area contributed by atoms with Crippen molar-refractivity contribution in [2.75, 3.05) is 5.32 Å². The first kappa shape index (κ1) is 14.0. The summed E-state index contributed by atoms with van der Waals surface area (Å²) in [6.45, 7) is 0. The van der Waals surface area contributed by atoms with E-state index in [1.54, 1.807) is 23.6 Å². The van der Waals surface area contributed by atoms with Gasteiger partial charge in [0.15, 0.2) is 5.15 Å². The summed E-state index contributed by atoms with van der Waals surface area (Å²) in [7, 11) is 0. The molecule has 104 valence electrons. The summed E-state index contributed by atoms with van der Waals surface area (Å²) in [4.78, 5) is 18.4. The number of carbonyl (C=O) groups is 1. The summed E-state index contributed by atoms with van der Waals surface area (Å²) in [5.41, 5.74) is 1.85. The van der Waals surface area contributed by atoms with Crippen LogP contribution in [-0.2, 0) is 12.8 Å². The van der Waals surface area contributed by atoms with Gasteiger partial charge in [0.2, 0.25) is 0 Å². The molecule has 0 fully saturated rings. The van der Waals surface area contributed by atoms with E-state index in [1.165, 1.54) is 23.3 Å². The number of hydrogen-bond donors (Lipinski definition) is 1. The number of nitrogens with zero attached hydrogens (tertiary/aromatic N) is 1. The number of halogens is 2. The highest BCUT2D eigenvalue weighted by atomic mass is 79.9. The lowest BCUT2D eigenvalue weighted by molar-refractivity contribution is 0.103. The highest BCUT2D eigenvalue weighted by Crippen LogP contribution is 2.31. The third-order valence-corrected chi connectivity index (χ3v) is 5.25. The Kier molecular flexibility index (Phi) is 4.10. The van der Waals surface area contributed by atoms with Gasteiger partial charge in [-0.3, -0.25) is 4.79 Å². The number of rotatable bonds is 2. The molecule has 0 saturated carbocycles. The molecule has 0 aromatic carbocycles. The summed E-state index contributed by atoms with van der Waals surface area (Å²) < 4.78 is 0.780. The van der Waals surface area contributed by atoms with Gasteiger partial charge < -0.3 is 5.32 Å². The number of aromatic nitrogens is 1. The zero-order valence-electron chi connectivity index (χ0n) is 10.6. The minimum atomic E-state index is -0.119. The van der Waals surface area contributed by atoms with Crippen LogP contribution in [0.25, 0.3) is 0 Å². The van der Waals surface area contributed by atoms with Crippen LogP contribution >= 0.6 is 38.9 Å². The van der Waals surface area contributed by atoms with E-state index in [0.717, 1.165) is 22.2 Å². The molecule has 0 aliphatic heterocycles. The molecule has 1 N–H and O–H groups in total. The topological polar surface area (TPSA) is 42.0 Å². The number of aryl methyl sites for hydroxylation is 2. The highest BCUT2D eigenvalue weighted by Gasteiger charge is 2.18. The van der Waals surface area contributed by atoms with Gasteiger partial charge in [0.1, 0.15) is 0 Å². The molecule has 0 unspecified atom stereocenters. The summed E-state index contributed by atoms with van der Waals surface area (Å²) in [6, 6.07) is 3.76. The maximum atomic E-state index is 12.3. The standard InChI is InChI=1S/C14H12BrClN2OS/c15-9-6-10(13(16)17-7-9)18-14(19)12-5-8-3-1-2-4-11(8)20-12/h5-7H,1-4H2,(H,18,19). The van der Waals surface area contributed by atoms with E-state index in [1.807, 2.05) is 6.07 Å². The lowest BCUT2D eigenvalue weighted by Gasteiger charge is -2.08. The SMILES string of the molecule is O=C(Nc1cc(Br)cnc1Cl)c1cc2c(s1)CCCC2. The van der Waals surface area contributed by atoms with E-state index in [9.17, 15) is 4.79 Å². The van der Waals surface area contributed by atoms with Crippen LogP contribution < -0.4 is 5.32 Å². The largest absolute Gasteiger partial charge is 0.319 e. The number of thiophene rings is 1. The average Bonchev–Trinajstić information content (AvgIpc) is 2.87. The molecule has 6 heteroatoms. The number of nitrogens with one attached hydrogen (secondary N) is 1. The maximum Gasteiger partial charge on any atom is 0.265 e. The third kappa shape index (κ3) is 2.90. The van der Waals surface area contributed by atoms with Crippen LogP contribution in [0.15, 0.2) is 22.8 Å². The fourth-order valence-corrected chi connectivity index (χ4v) is 3.93. The van der Waals surface area contributed by atoms with Gasteiger partial charge in [-0.1, -0.05) is 11.6 Å². The van der Waals surface area contributed by atoms with Crippen LogP contribution in [0.1, 0.15) is 33.0 Å². The second kappa shape index (κ2) is 5.84. The van der Waals surface area contributed by atoms with Crippen molar-refractivity contribution in [2.24, 2.45) is 0 Å². The Morgan fingerprint density at radius 1 is 1.35 bits per heavy atom. The molecule has 3 rings (SSSR count). The molecule has 1 aliphatic rings. The Morgan fingerprint density at radius 3 is 2.95 bits per heavy atom. The maximum absolute atomic E-state index is 12.3. The smallest absolute Gasteiger partial charge is 0.265 e. The Balaban J connectivity index is 1.82. The number of hydrogen-bond acceptors (Lipinski definition) is 3. The summed E-state index contributed by atoms with van der Waals surface area (Å²) in [5, 5.41) is 3.12. The number of pyridine rings is 1. The normalized spacial score (nSPS) is 13.9. The van der Waals surface area contributed by atoms with Crippen LogP contribution in [-0.4, -0.2) is 10.9 Å². The Labute approximate surface area is 134 Å². The monoisotopic (exact) mass is 370 g/mol. The Bertz CT molecular complexity index is 648. The van der Waals surface area contributed by atoms with Crippen molar-refractivity contribution in [3.05, 3.63) is 43.3 Å². The Morgan fingerprint density at radius 2 is 2.15 bits per heavy atom. The van der Waals surface area contributed by atoms with Crippen LogP contribution in [0, 0.1) is 0 Å². The fraction of sp³-hybridized carbons (Fsp3) is 0.286. The molecule has 2 aromatic heterocycles. The van der Waals surface area contributed by atoms with Crippen LogP contribution in [0.5, 0.6) is 0 Å². The quantitative estimate of drug-likeness (QED) is 0.778. The van der Waals surface area contributed by atoms with Gasteiger partial charge in [0.25, 0.3) is 5.91 Å². The molecule has 3 nitrogen and oxygen atoms in total. The van der Waals surface area contributed by atoms with Crippen LogP contribution in [0.2, 0.25) is 5.15 Å². The molecular formula is C14H12BrClN2OS. The molecule has 1 amide bonds. The number of anilines is 1. The first-order valence-electron chi connectivity index (χ1n) is 6.37. The van der Waals surface area contributed by atoms with Gasteiger partial charge in [-0.2, -0.15) is 0 Å². The molecule has 0 atom stereocenters. The minimum Gasteiger partial charge on any atom is -0.319 e. The van der Waals surface area contributed by atoms with Gasteiger partial charge >= 0.3 is 0 Å². The summed E-state index contributed by atoms with van der Waals surface area (Å²) >= 11 is 10.9. The number of amides is 1. The number of fused-ring (bicyclic) bond motifs is 1. The van der Waals surface area contributed by atoms with Gasteiger partial charge in [-0.05, 0) is 59.3 Å². The lowest BCUT2D eigenvalue weighted by atomic mass is 9.99. The van der Waals surface area contributed by atoms with Gasteiger partial charge in [0.05, 0.1) is 10.6 Å². The van der Waals surface area contributed by atoms with E-state index in [4.69, 9.17) is 11.6 Å². The first-order valence-corrected chi connectivity index (χ1v) is 8.36. The van der Waals surface area contributed by atoms with Crippen LogP contribution in [0.4, 0.5) is 5.69 Å². The molecule has 2 aromatic rings. The van der Waals surface area contributed by atoms with Crippen molar-refractivity contribution in [2.45, 2.75) is 25.7 Å². The second-order valence-electron chi connectivity index (χ2n) is 4.71. The molecule has 20 heavy (non-hydrogen) atoms. The predicted octanol–water partition coefficient (Wildman–Crippen LogP) is 4.69. The predicted molar refractivity (Wildman–Crippen MR) is 85.9 cm³/mol. The van der Waals surface area contributed by atoms with Gasteiger partial charge in [-0.25, -0.2) is 4.98 Å². The molecule has 0 bridgehead atoms. The van der Waals surface area contributed by atoms with E-state index in [0.29, 0.717) is 10.8 Å². The van der Waals surface area contributed by atoms with E-state index in [-0.39, 0.29) is 5.91 Å². The third-order valence-electron chi connectivity index (χ3n) is 3.27. The van der Waals surface area contributed by atoms with E-state index >= 15 is 0 Å². The van der Waals surface area contributed by atoms with Crippen molar-refractivity contribution < 1.29 is 4.79 Å². The molecule has 0 spiro atoms. The number of carbonyl (C=O) groups excluding carboxylic acids is 1. The second-order valence-corrected chi connectivity index (χ2v) is 7.12. The molecule has 0 radical (unpaired) electrons. The van der Waals surface area contributed by atoms with Crippen molar-refractivity contribution in [3.63, 3.8) is 0 Å². The molecular weight excluding hydrogens is 360 g/mol. The molecule has 2 heterocycles. The molecule has 0 saturated heterocycles. The average molecular weight is 372 g/mol. The van der Waals surface area contributed by atoms with E-state index < -0.39 is 0 Å². The first-order chi connectivity index (χ1) is 9.63. The zero-order valence-corrected chi connectivity index (χ0v) is 13.7. The van der Waals surface area contributed by atoms with Gasteiger partial charge in [0, 0.05) is 15.5 Å². The molecule has 1 aliphatic carbocycles. The van der Waals surface area contributed by atoms with Crippen molar-refractivity contribution in [1.29, 1.82) is 0 Å². The van der Waals surface area contributed by atoms with Crippen molar-refractivity contribution in [3.8, 4) is 0 Å². The summed E-state index contributed by atoms with van der Waals surface area (Å²) in [6.07, 6.45) is 6.20. The fourth-order valence-electron chi connectivity index (χ4n) is 2.30. The highest BCUT2D eigenvalue weighted by molar-refractivity contribution is 9.10. The van der Waals surface area contributed by atoms with Crippen LogP contribution in [0.3, 0.4) is 0 Å². The lowest BCUT2D eigenvalue weighted by Crippen LogP contribution is -2.10. The summed E-state index contributed by atoms with van der Waals surface area (Å²) in [5.74, 6) is -0.119. The van der Waals surface area contributed by atoms with Crippen molar-refractivity contribution in [1.82, 2.24) is 4.98 Å². The van der Waals surface area contributed by atoms with Crippen molar-refractivity contribution >= 4 is 50.5 Å². The minimum absolute atomic E-state index is 0.119.